The molecule has 0 fully saturated rings. The third-order valence-corrected chi connectivity index (χ3v) is 6.88. The summed E-state index contributed by atoms with van der Waals surface area (Å²) >= 11 is 5.19. The van der Waals surface area contributed by atoms with Crippen LogP contribution in [-0.4, -0.2) is 20.1 Å². The number of amides is 1. The Morgan fingerprint density at radius 1 is 1.24 bits per heavy atom. The average molecular weight is 473 g/mol. The Bertz CT molecular complexity index is 1240. The summed E-state index contributed by atoms with van der Waals surface area (Å²) in [5.41, 5.74) is 2.57. The van der Waals surface area contributed by atoms with Gasteiger partial charge >= 0.3 is 0 Å². The van der Waals surface area contributed by atoms with E-state index in [0.717, 1.165) is 26.7 Å². The van der Waals surface area contributed by atoms with Gasteiger partial charge in [-0.3, -0.25) is 14.0 Å². The molecule has 6 nitrogen and oxygen atoms in total. The molecule has 3 aromatic heterocycles. The van der Waals surface area contributed by atoms with Crippen molar-refractivity contribution in [3.63, 3.8) is 0 Å². The van der Waals surface area contributed by atoms with Gasteiger partial charge in [-0.1, -0.05) is 41.1 Å². The van der Waals surface area contributed by atoms with Crippen molar-refractivity contribution in [2.45, 2.75) is 39.3 Å². The summed E-state index contributed by atoms with van der Waals surface area (Å²) in [6, 6.07) is 11.8. The fraction of sp³-hybridized carbons (Fsp3) is 0.286. The number of nitrogens with one attached hydrogen (secondary N) is 1. The molecule has 1 amide bonds. The maximum Gasteiger partial charge on any atom is 0.291 e. The molecule has 8 heteroatoms. The summed E-state index contributed by atoms with van der Waals surface area (Å²) in [6.45, 7) is 3.01. The summed E-state index contributed by atoms with van der Waals surface area (Å²) in [7, 11) is 0. The Hall–Kier alpha value is -2.45. The summed E-state index contributed by atoms with van der Waals surface area (Å²) < 4.78 is 5.38. The molecule has 0 aliphatic heterocycles. The number of carbonyl (C=O) groups excluding carboxylic acids is 1. The lowest BCUT2D eigenvalue weighted by Gasteiger charge is -2.08. The van der Waals surface area contributed by atoms with Crippen LogP contribution in [0.15, 0.2) is 52.0 Å². The zero-order chi connectivity index (χ0) is 20.4. The van der Waals surface area contributed by atoms with Gasteiger partial charge in [0, 0.05) is 28.9 Å². The van der Waals surface area contributed by atoms with E-state index in [1.54, 1.807) is 17.7 Å². The van der Waals surface area contributed by atoms with Crippen molar-refractivity contribution in [3.8, 4) is 0 Å². The van der Waals surface area contributed by atoms with E-state index < -0.39 is 0 Å². The Balaban J connectivity index is 1.38. The fourth-order valence-electron chi connectivity index (χ4n) is 3.30. The normalized spacial score (nSPS) is 11.4. The van der Waals surface area contributed by atoms with Crippen LogP contribution in [0, 0.1) is 0 Å². The lowest BCUT2D eigenvalue weighted by molar-refractivity contribution is -0.121. The van der Waals surface area contributed by atoms with Crippen molar-refractivity contribution in [2.75, 3.05) is 0 Å². The minimum Gasteiger partial charge on any atom is -0.352 e. The van der Waals surface area contributed by atoms with Gasteiger partial charge in [0.25, 0.3) is 5.56 Å². The number of aromatic nitrogens is 3. The van der Waals surface area contributed by atoms with E-state index in [0.29, 0.717) is 31.4 Å². The molecule has 0 saturated heterocycles. The lowest BCUT2D eigenvalue weighted by atomic mass is 10.2. The molecule has 150 valence electrons. The van der Waals surface area contributed by atoms with Gasteiger partial charge in [-0.05, 0) is 36.6 Å². The highest BCUT2D eigenvalue weighted by molar-refractivity contribution is 9.10. The van der Waals surface area contributed by atoms with Gasteiger partial charge in [0.2, 0.25) is 5.91 Å². The topological polar surface area (TPSA) is 68.4 Å². The maximum atomic E-state index is 12.8. The van der Waals surface area contributed by atoms with Crippen molar-refractivity contribution in [1.82, 2.24) is 19.5 Å². The largest absolute Gasteiger partial charge is 0.352 e. The predicted molar refractivity (Wildman–Crippen MR) is 119 cm³/mol. The molecule has 0 spiro atoms. The van der Waals surface area contributed by atoms with Crippen molar-refractivity contribution in [3.05, 3.63) is 68.0 Å². The number of fused-ring (bicyclic) bond motifs is 3. The monoisotopic (exact) mass is 472 g/mol. The van der Waals surface area contributed by atoms with Gasteiger partial charge < -0.3 is 5.32 Å². The Labute approximate surface area is 180 Å². The first-order valence-corrected chi connectivity index (χ1v) is 11.2. The molecule has 0 bridgehead atoms. The van der Waals surface area contributed by atoms with E-state index in [2.05, 4.69) is 39.3 Å². The molecular weight excluding hydrogens is 452 g/mol. The van der Waals surface area contributed by atoms with Crippen LogP contribution in [-0.2, 0) is 24.3 Å². The number of hydrogen-bond acceptors (Lipinski definition) is 4. The first kappa shape index (κ1) is 19.8. The number of carbonyl (C=O) groups is 1. The van der Waals surface area contributed by atoms with E-state index in [-0.39, 0.29) is 11.5 Å². The van der Waals surface area contributed by atoms with Gasteiger partial charge in [0.1, 0.15) is 11.8 Å². The standard InChI is InChI=1S/C21H21BrN4O2S/c1-2-15-10-17-19(29-15)11-18-21(28)26(24-13-25(17)18)9-5-8-20(27)23-12-14-6-3-4-7-16(14)22/h3-4,6-7,10-11,13H,2,5,8-9,12H2,1H3,(H,23,27). The molecule has 29 heavy (non-hydrogen) atoms. The summed E-state index contributed by atoms with van der Waals surface area (Å²) in [6.07, 6.45) is 3.58. The van der Waals surface area contributed by atoms with Crippen LogP contribution in [0.25, 0.3) is 15.7 Å². The van der Waals surface area contributed by atoms with Crippen molar-refractivity contribution in [1.29, 1.82) is 0 Å². The minimum absolute atomic E-state index is 0.0369. The third kappa shape index (κ3) is 4.13. The van der Waals surface area contributed by atoms with Crippen LogP contribution in [0.2, 0.25) is 0 Å². The molecule has 3 heterocycles. The number of rotatable bonds is 7. The van der Waals surface area contributed by atoms with E-state index in [1.165, 1.54) is 9.56 Å². The predicted octanol–water partition coefficient (Wildman–Crippen LogP) is 4.13. The van der Waals surface area contributed by atoms with Gasteiger partial charge in [-0.15, -0.1) is 11.3 Å². The molecule has 0 unspecified atom stereocenters. The van der Waals surface area contributed by atoms with Crippen LogP contribution in [0.3, 0.4) is 0 Å². The van der Waals surface area contributed by atoms with Gasteiger partial charge in [-0.25, -0.2) is 4.68 Å². The number of hydrogen-bond donors (Lipinski definition) is 1. The highest BCUT2D eigenvalue weighted by Gasteiger charge is 2.12. The number of nitrogens with zero attached hydrogens (tertiary/aromatic N) is 3. The van der Waals surface area contributed by atoms with Crippen molar-refractivity contribution < 1.29 is 4.79 Å². The molecule has 0 aliphatic carbocycles. The van der Waals surface area contributed by atoms with Crippen LogP contribution in [0.1, 0.15) is 30.2 Å². The van der Waals surface area contributed by atoms with E-state index in [1.807, 2.05) is 34.7 Å². The van der Waals surface area contributed by atoms with Crippen molar-refractivity contribution >= 4 is 48.9 Å². The van der Waals surface area contributed by atoms with E-state index >= 15 is 0 Å². The second-order valence-corrected chi connectivity index (χ2v) is 8.87. The second kappa shape index (κ2) is 8.51. The third-order valence-electron chi connectivity index (χ3n) is 4.89. The molecule has 0 aliphatic rings. The van der Waals surface area contributed by atoms with Gasteiger partial charge in [0.05, 0.1) is 10.2 Å². The minimum atomic E-state index is -0.123. The van der Waals surface area contributed by atoms with Crippen LogP contribution < -0.4 is 10.9 Å². The smallest absolute Gasteiger partial charge is 0.291 e. The maximum absolute atomic E-state index is 12.8. The SMILES string of the molecule is CCc1cc2c(cc3c(=O)n(CCCC(=O)NCc4ccccc4Br)ncn32)s1. The second-order valence-electron chi connectivity index (χ2n) is 6.85. The van der Waals surface area contributed by atoms with Gasteiger partial charge in [0.15, 0.2) is 0 Å². The van der Waals surface area contributed by atoms with Crippen LogP contribution in [0.5, 0.6) is 0 Å². The number of halogens is 1. The molecular formula is C21H21BrN4O2S. The first-order chi connectivity index (χ1) is 14.1. The Morgan fingerprint density at radius 3 is 2.86 bits per heavy atom. The Morgan fingerprint density at radius 2 is 2.07 bits per heavy atom. The number of aryl methyl sites for hydroxylation is 2. The number of thiophene rings is 1. The lowest BCUT2D eigenvalue weighted by Crippen LogP contribution is -2.26. The first-order valence-electron chi connectivity index (χ1n) is 9.56. The molecule has 0 saturated carbocycles. The quantitative estimate of drug-likeness (QED) is 0.439. The highest BCUT2D eigenvalue weighted by atomic mass is 79.9. The molecule has 1 aromatic carbocycles. The fourth-order valence-corrected chi connectivity index (χ4v) is 4.75. The van der Waals surface area contributed by atoms with Gasteiger partial charge in [-0.2, -0.15) is 5.10 Å². The van der Waals surface area contributed by atoms with E-state index in [9.17, 15) is 9.59 Å². The summed E-state index contributed by atoms with van der Waals surface area (Å²) in [5, 5.41) is 7.22. The average Bonchev–Trinajstić information content (AvgIpc) is 3.27. The van der Waals surface area contributed by atoms with Crippen LogP contribution in [0.4, 0.5) is 0 Å². The zero-order valence-electron chi connectivity index (χ0n) is 16.0. The molecule has 4 aromatic rings. The molecule has 0 radical (unpaired) electrons. The molecule has 1 N–H and O–H groups in total. The molecule has 4 rings (SSSR count). The molecule has 0 atom stereocenters. The van der Waals surface area contributed by atoms with Crippen molar-refractivity contribution in [2.24, 2.45) is 0 Å². The highest BCUT2D eigenvalue weighted by Crippen LogP contribution is 2.28. The summed E-state index contributed by atoms with van der Waals surface area (Å²) in [4.78, 5) is 26.2. The number of benzene rings is 1. The van der Waals surface area contributed by atoms with E-state index in [4.69, 9.17) is 0 Å². The zero-order valence-corrected chi connectivity index (χ0v) is 18.4. The summed E-state index contributed by atoms with van der Waals surface area (Å²) in [5.74, 6) is -0.0369. The Kier molecular flexibility index (Phi) is 5.82. The van der Waals surface area contributed by atoms with Crippen LogP contribution >= 0.6 is 27.3 Å².